The minimum atomic E-state index is -0.587. The van der Waals surface area contributed by atoms with Crippen LogP contribution >= 0.6 is 0 Å². The summed E-state index contributed by atoms with van der Waals surface area (Å²) >= 11 is 0. The zero-order valence-electron chi connectivity index (χ0n) is 14.2. The smallest absolute Gasteiger partial charge is 0.254 e. The molecule has 0 unspecified atom stereocenters. The van der Waals surface area contributed by atoms with Gasteiger partial charge in [-0.1, -0.05) is 0 Å². The number of carbonyl (C=O) groups excluding carboxylic acids is 2. The number of piperazine rings is 1. The second-order valence-electron chi connectivity index (χ2n) is 6.81. The normalized spacial score (nSPS) is 24.5. The Kier molecular flexibility index (Phi) is 4.73. The van der Waals surface area contributed by atoms with Gasteiger partial charge in [0.1, 0.15) is 5.82 Å². The third-order valence-corrected chi connectivity index (χ3v) is 5.29. The summed E-state index contributed by atoms with van der Waals surface area (Å²) < 4.78 is 13.7. The van der Waals surface area contributed by atoms with Crippen LogP contribution in [0.4, 0.5) is 4.39 Å². The molecule has 1 aromatic rings. The van der Waals surface area contributed by atoms with Crippen LogP contribution in [-0.2, 0) is 4.79 Å². The van der Waals surface area contributed by atoms with Gasteiger partial charge in [0.25, 0.3) is 5.91 Å². The average Bonchev–Trinajstić information content (AvgIpc) is 2.78. The monoisotopic (exact) mass is 344 g/mol. The molecule has 0 saturated carbocycles. The van der Waals surface area contributed by atoms with E-state index >= 15 is 0 Å². The molecule has 132 valence electrons. The molecule has 1 spiro atoms. The quantitative estimate of drug-likeness (QED) is 0.828. The fourth-order valence-electron chi connectivity index (χ4n) is 3.73. The van der Waals surface area contributed by atoms with E-state index in [0.717, 1.165) is 12.5 Å². The number of amides is 2. The molecule has 1 atom stereocenters. The third-order valence-electron chi connectivity index (χ3n) is 5.29. The first-order valence-electron chi connectivity index (χ1n) is 8.41. The lowest BCUT2D eigenvalue weighted by Crippen LogP contribution is -2.62. The lowest BCUT2D eigenvalue weighted by molar-refractivity contribution is -0.121. The van der Waals surface area contributed by atoms with Crippen molar-refractivity contribution in [2.24, 2.45) is 0 Å². The predicted molar refractivity (Wildman–Crippen MR) is 89.2 cm³/mol. The second-order valence-corrected chi connectivity index (χ2v) is 6.81. The average molecular weight is 344 g/mol. The summed E-state index contributed by atoms with van der Waals surface area (Å²) in [5.41, 5.74) is 0.0777. The summed E-state index contributed by atoms with van der Waals surface area (Å²) in [6.07, 6.45) is 1.89. The Morgan fingerprint density at radius 2 is 2.12 bits per heavy atom. The molecule has 0 aliphatic carbocycles. The van der Waals surface area contributed by atoms with E-state index in [1.54, 1.807) is 4.90 Å². The van der Waals surface area contributed by atoms with Crippen LogP contribution in [0.1, 0.15) is 35.2 Å². The molecule has 6 nitrogen and oxygen atoms in total. The third kappa shape index (κ3) is 3.49. The maximum atomic E-state index is 13.7. The van der Waals surface area contributed by atoms with Gasteiger partial charge in [-0.3, -0.25) is 14.5 Å². The highest BCUT2D eigenvalue weighted by Gasteiger charge is 2.42. The number of rotatable bonds is 1. The van der Waals surface area contributed by atoms with E-state index in [1.807, 2.05) is 13.1 Å². The van der Waals surface area contributed by atoms with Crippen LogP contribution in [0, 0.1) is 17.1 Å². The molecule has 7 heteroatoms. The molecule has 25 heavy (non-hydrogen) atoms. The molecule has 0 bridgehead atoms. The predicted octanol–water partition coefficient (Wildman–Crippen LogP) is 1.12. The van der Waals surface area contributed by atoms with Crippen molar-refractivity contribution in [1.29, 1.82) is 5.26 Å². The summed E-state index contributed by atoms with van der Waals surface area (Å²) in [6, 6.07) is 5.59. The Bertz CT molecular complexity index is 745. The number of carbonyl (C=O) groups is 2. The van der Waals surface area contributed by atoms with Gasteiger partial charge in [0.05, 0.1) is 11.6 Å². The fraction of sp³-hybridized carbons (Fsp3) is 0.500. The van der Waals surface area contributed by atoms with E-state index in [-0.39, 0.29) is 28.5 Å². The van der Waals surface area contributed by atoms with Gasteiger partial charge in [0, 0.05) is 43.7 Å². The maximum absolute atomic E-state index is 13.7. The van der Waals surface area contributed by atoms with E-state index in [4.69, 9.17) is 5.26 Å². The summed E-state index contributed by atoms with van der Waals surface area (Å²) in [5, 5.41) is 11.9. The van der Waals surface area contributed by atoms with Gasteiger partial charge in [-0.15, -0.1) is 0 Å². The largest absolute Gasteiger partial charge is 0.356 e. The highest BCUT2D eigenvalue weighted by atomic mass is 19.1. The van der Waals surface area contributed by atoms with Crippen molar-refractivity contribution >= 4 is 11.8 Å². The van der Waals surface area contributed by atoms with Crippen molar-refractivity contribution in [2.45, 2.75) is 24.8 Å². The molecule has 2 heterocycles. The van der Waals surface area contributed by atoms with E-state index in [1.165, 1.54) is 12.1 Å². The number of nitrogens with one attached hydrogen (secondary N) is 1. The Morgan fingerprint density at radius 3 is 2.88 bits per heavy atom. The van der Waals surface area contributed by atoms with Crippen LogP contribution in [0.25, 0.3) is 0 Å². The Morgan fingerprint density at radius 1 is 1.32 bits per heavy atom. The van der Waals surface area contributed by atoms with Crippen molar-refractivity contribution in [3.63, 3.8) is 0 Å². The number of hydrogen-bond donors (Lipinski definition) is 1. The zero-order valence-corrected chi connectivity index (χ0v) is 14.2. The Hall–Kier alpha value is -2.46. The number of hydrogen-bond acceptors (Lipinski definition) is 4. The van der Waals surface area contributed by atoms with Gasteiger partial charge in [-0.2, -0.15) is 5.26 Å². The van der Waals surface area contributed by atoms with Crippen molar-refractivity contribution in [3.05, 3.63) is 35.1 Å². The van der Waals surface area contributed by atoms with Crippen LogP contribution < -0.4 is 5.32 Å². The zero-order chi connectivity index (χ0) is 18.0. The number of benzene rings is 1. The van der Waals surface area contributed by atoms with Crippen molar-refractivity contribution in [1.82, 2.24) is 15.1 Å². The van der Waals surface area contributed by atoms with Crippen LogP contribution in [0.2, 0.25) is 0 Å². The van der Waals surface area contributed by atoms with Crippen molar-refractivity contribution in [2.75, 3.05) is 33.2 Å². The first-order chi connectivity index (χ1) is 11.9. The molecule has 3 rings (SSSR count). The van der Waals surface area contributed by atoms with Crippen LogP contribution in [-0.4, -0.2) is 60.4 Å². The van der Waals surface area contributed by atoms with Gasteiger partial charge in [0.15, 0.2) is 0 Å². The highest BCUT2D eigenvalue weighted by molar-refractivity contribution is 5.94. The van der Waals surface area contributed by atoms with Gasteiger partial charge in [0.2, 0.25) is 5.91 Å². The molecule has 2 amide bonds. The summed E-state index contributed by atoms with van der Waals surface area (Å²) in [7, 11) is 2.02. The minimum absolute atomic E-state index is 0.0394. The topological polar surface area (TPSA) is 76.4 Å². The number of halogens is 1. The molecular weight excluding hydrogens is 323 g/mol. The lowest BCUT2D eigenvalue weighted by Gasteiger charge is -2.49. The number of likely N-dealkylation sites (N-methyl/N-ethyl adjacent to an activating group) is 1. The first kappa shape index (κ1) is 17.4. The van der Waals surface area contributed by atoms with Crippen LogP contribution in [0.3, 0.4) is 0 Å². The molecule has 2 aliphatic heterocycles. The first-order valence-corrected chi connectivity index (χ1v) is 8.41. The summed E-state index contributed by atoms with van der Waals surface area (Å²) in [4.78, 5) is 28.5. The Labute approximate surface area is 146 Å². The molecule has 2 aliphatic rings. The molecule has 2 saturated heterocycles. The Balaban J connectivity index is 1.83. The van der Waals surface area contributed by atoms with E-state index in [0.29, 0.717) is 39.0 Å². The minimum Gasteiger partial charge on any atom is -0.356 e. The second kappa shape index (κ2) is 6.81. The van der Waals surface area contributed by atoms with Crippen molar-refractivity contribution < 1.29 is 14.0 Å². The van der Waals surface area contributed by atoms with E-state index in [2.05, 4.69) is 10.2 Å². The van der Waals surface area contributed by atoms with Crippen LogP contribution in [0.5, 0.6) is 0 Å². The molecular formula is C18H21FN4O2. The van der Waals surface area contributed by atoms with Gasteiger partial charge >= 0.3 is 0 Å². The molecule has 1 aromatic carbocycles. The number of nitriles is 1. The lowest BCUT2D eigenvalue weighted by atomic mass is 9.86. The molecule has 1 N–H and O–H groups in total. The van der Waals surface area contributed by atoms with E-state index < -0.39 is 5.82 Å². The molecule has 2 fully saturated rings. The van der Waals surface area contributed by atoms with Gasteiger partial charge in [-0.05, 0) is 38.1 Å². The molecule has 0 aromatic heterocycles. The van der Waals surface area contributed by atoms with Crippen LogP contribution in [0.15, 0.2) is 18.2 Å². The summed E-state index contributed by atoms with van der Waals surface area (Å²) in [6.45, 7) is 2.32. The van der Waals surface area contributed by atoms with E-state index in [9.17, 15) is 14.0 Å². The fourth-order valence-corrected chi connectivity index (χ4v) is 3.73. The van der Waals surface area contributed by atoms with Crippen molar-refractivity contribution in [3.8, 4) is 6.07 Å². The van der Waals surface area contributed by atoms with Gasteiger partial charge < -0.3 is 10.2 Å². The van der Waals surface area contributed by atoms with Gasteiger partial charge in [-0.25, -0.2) is 4.39 Å². The maximum Gasteiger partial charge on any atom is 0.254 e. The molecule has 0 radical (unpaired) electrons. The number of nitrogens with zero attached hydrogens (tertiary/aromatic N) is 3. The standard InChI is InChI=1S/C18H21FN4O2/c1-22-6-7-23(12-18(22)3-2-16(24)21-5-4-18)17(25)14-8-13(11-20)9-15(19)10-14/h8-10H,2-7,12H2,1H3,(H,21,24)/t18-/m1/s1. The summed E-state index contributed by atoms with van der Waals surface area (Å²) in [5.74, 6) is -0.819. The highest BCUT2D eigenvalue weighted by Crippen LogP contribution is 2.31. The SMILES string of the molecule is CN1CCN(C(=O)c2cc(F)cc(C#N)c2)C[C@@]12CCNC(=O)CC2.